The highest BCUT2D eigenvalue weighted by molar-refractivity contribution is 5.27. The summed E-state index contributed by atoms with van der Waals surface area (Å²) in [6, 6.07) is 14.6. The van der Waals surface area contributed by atoms with E-state index in [4.69, 9.17) is 9.47 Å². The fraction of sp³-hybridized carbons (Fsp3) is 0.444. The van der Waals surface area contributed by atoms with E-state index in [1.54, 1.807) is 18.2 Å². The molecule has 0 aliphatic carbocycles. The van der Waals surface area contributed by atoms with E-state index in [0.29, 0.717) is 19.4 Å². The molecular formula is C27H34FN3O3. The van der Waals surface area contributed by atoms with Crippen molar-refractivity contribution >= 4 is 0 Å². The molecule has 1 atom stereocenters. The Kier molecular flexibility index (Phi) is 8.19. The van der Waals surface area contributed by atoms with Gasteiger partial charge < -0.3 is 19.1 Å². The average Bonchev–Trinajstić information content (AvgIpc) is 3.16. The minimum Gasteiger partial charge on any atom is -0.494 e. The molecule has 1 unspecified atom stereocenters. The first-order chi connectivity index (χ1) is 16.5. The van der Waals surface area contributed by atoms with Gasteiger partial charge in [-0.2, -0.15) is 0 Å². The number of aliphatic hydroxyl groups is 1. The van der Waals surface area contributed by atoms with E-state index in [1.165, 1.54) is 11.6 Å². The lowest BCUT2D eigenvalue weighted by Gasteiger charge is -2.27. The maximum atomic E-state index is 13.8. The van der Waals surface area contributed by atoms with Gasteiger partial charge in [-0.25, -0.2) is 9.37 Å². The molecule has 6 nitrogen and oxygen atoms in total. The van der Waals surface area contributed by atoms with Crippen LogP contribution in [0.25, 0.3) is 0 Å². The lowest BCUT2D eigenvalue weighted by molar-refractivity contribution is -0.0177. The van der Waals surface area contributed by atoms with Gasteiger partial charge in [0.2, 0.25) is 0 Å². The molecular weight excluding hydrogens is 433 g/mol. The molecule has 2 aromatic carbocycles. The van der Waals surface area contributed by atoms with Crippen molar-refractivity contribution in [2.24, 2.45) is 0 Å². The predicted molar refractivity (Wildman–Crippen MR) is 129 cm³/mol. The van der Waals surface area contributed by atoms with Gasteiger partial charge in [-0.3, -0.25) is 4.90 Å². The van der Waals surface area contributed by atoms with E-state index in [2.05, 4.69) is 26.6 Å². The van der Waals surface area contributed by atoms with E-state index in [1.807, 2.05) is 31.5 Å². The summed E-state index contributed by atoms with van der Waals surface area (Å²) in [6.07, 6.45) is 6.84. The molecule has 34 heavy (non-hydrogen) atoms. The number of rotatable bonds is 10. The van der Waals surface area contributed by atoms with E-state index in [-0.39, 0.29) is 12.4 Å². The first-order valence-corrected chi connectivity index (χ1v) is 12.0. The molecule has 2 heterocycles. The smallest absolute Gasteiger partial charge is 0.165 e. The molecule has 0 amide bonds. The van der Waals surface area contributed by atoms with Crippen LogP contribution in [0.3, 0.4) is 0 Å². The summed E-state index contributed by atoms with van der Waals surface area (Å²) >= 11 is 0. The number of aromatic nitrogens is 2. The molecule has 1 fully saturated rings. The Bertz CT molecular complexity index is 1040. The molecule has 0 spiro atoms. The molecule has 1 N–H and O–H groups in total. The van der Waals surface area contributed by atoms with Crippen LogP contribution in [-0.4, -0.2) is 51.5 Å². The van der Waals surface area contributed by atoms with Crippen molar-refractivity contribution in [1.82, 2.24) is 14.5 Å². The summed E-state index contributed by atoms with van der Waals surface area (Å²) in [5.74, 6) is 1.69. The van der Waals surface area contributed by atoms with E-state index >= 15 is 0 Å². The Hall–Kier alpha value is -2.90. The minimum atomic E-state index is -0.940. The quantitative estimate of drug-likeness (QED) is 0.442. The summed E-state index contributed by atoms with van der Waals surface area (Å²) in [5, 5.41) is 11.0. The maximum Gasteiger partial charge on any atom is 0.165 e. The van der Waals surface area contributed by atoms with Crippen LogP contribution in [0.5, 0.6) is 11.5 Å². The van der Waals surface area contributed by atoms with Crippen LogP contribution in [0.1, 0.15) is 37.1 Å². The summed E-state index contributed by atoms with van der Waals surface area (Å²) in [4.78, 5) is 6.59. The molecule has 1 saturated heterocycles. The highest BCUT2D eigenvalue weighted by Crippen LogP contribution is 2.26. The third-order valence-electron chi connectivity index (χ3n) is 6.41. The van der Waals surface area contributed by atoms with Crippen molar-refractivity contribution in [3.63, 3.8) is 0 Å². The van der Waals surface area contributed by atoms with Gasteiger partial charge in [-0.1, -0.05) is 24.3 Å². The standard InChI is InChI=1S/C27H34FN3O3/c1-22-29-14-18-31(22)16-5-19-33-24-10-8-23(9-11-24)20-30-15-4-12-27(32,13-17-30)21-34-26-7-3-2-6-25(26)28/h2-3,6-11,14,18,32H,4-5,12-13,15-17,19-21H2,1H3. The number of benzene rings is 2. The van der Waals surface area contributed by atoms with Gasteiger partial charge in [0.25, 0.3) is 0 Å². The van der Waals surface area contributed by atoms with Gasteiger partial charge in [-0.15, -0.1) is 0 Å². The molecule has 0 saturated carbocycles. The normalized spacial score (nSPS) is 19.0. The average molecular weight is 468 g/mol. The van der Waals surface area contributed by atoms with Gasteiger partial charge in [0.05, 0.1) is 12.2 Å². The summed E-state index contributed by atoms with van der Waals surface area (Å²) < 4.78 is 27.4. The lowest BCUT2D eigenvalue weighted by atomic mass is 9.96. The summed E-state index contributed by atoms with van der Waals surface area (Å²) in [7, 11) is 0. The van der Waals surface area contributed by atoms with Gasteiger partial charge in [-0.05, 0) is 69.0 Å². The summed E-state index contributed by atoms with van der Waals surface area (Å²) in [6.45, 7) is 6.17. The molecule has 1 aliphatic rings. The van der Waals surface area contributed by atoms with Gasteiger partial charge in [0.1, 0.15) is 18.2 Å². The highest BCUT2D eigenvalue weighted by atomic mass is 19.1. The molecule has 7 heteroatoms. The molecule has 0 radical (unpaired) electrons. The van der Waals surface area contributed by atoms with Crippen LogP contribution in [0.15, 0.2) is 60.9 Å². The lowest BCUT2D eigenvalue weighted by Crippen LogP contribution is -2.37. The van der Waals surface area contributed by atoms with Crippen LogP contribution in [-0.2, 0) is 13.1 Å². The Morgan fingerprint density at radius 3 is 2.65 bits per heavy atom. The Morgan fingerprint density at radius 2 is 1.88 bits per heavy atom. The molecule has 0 bridgehead atoms. The number of imidazole rings is 1. The number of ether oxygens (including phenoxy) is 2. The van der Waals surface area contributed by atoms with Gasteiger partial charge >= 0.3 is 0 Å². The Balaban J connectivity index is 1.20. The zero-order valence-corrected chi connectivity index (χ0v) is 19.8. The second-order valence-corrected chi connectivity index (χ2v) is 9.09. The van der Waals surface area contributed by atoms with Crippen molar-refractivity contribution < 1.29 is 19.0 Å². The molecule has 1 aromatic heterocycles. The third-order valence-corrected chi connectivity index (χ3v) is 6.41. The monoisotopic (exact) mass is 467 g/mol. The number of hydrogen-bond acceptors (Lipinski definition) is 5. The summed E-state index contributed by atoms with van der Waals surface area (Å²) in [5.41, 5.74) is 0.277. The molecule has 3 aromatic rings. The first-order valence-electron chi connectivity index (χ1n) is 12.0. The van der Waals surface area contributed by atoms with Crippen molar-refractivity contribution in [3.8, 4) is 11.5 Å². The second kappa shape index (κ2) is 11.5. The number of hydrogen-bond donors (Lipinski definition) is 1. The fourth-order valence-corrected chi connectivity index (χ4v) is 4.33. The van der Waals surface area contributed by atoms with Crippen molar-refractivity contribution in [1.29, 1.82) is 0 Å². The minimum absolute atomic E-state index is 0.105. The maximum absolute atomic E-state index is 13.8. The number of likely N-dealkylation sites (tertiary alicyclic amines) is 1. The number of nitrogens with zero attached hydrogens (tertiary/aromatic N) is 3. The largest absolute Gasteiger partial charge is 0.494 e. The molecule has 182 valence electrons. The molecule has 1 aliphatic heterocycles. The number of halogens is 1. The molecule has 4 rings (SSSR count). The van der Waals surface area contributed by atoms with Crippen molar-refractivity contribution in [2.75, 3.05) is 26.3 Å². The van der Waals surface area contributed by atoms with Crippen LogP contribution >= 0.6 is 0 Å². The van der Waals surface area contributed by atoms with Crippen molar-refractivity contribution in [3.05, 3.63) is 78.1 Å². The highest BCUT2D eigenvalue weighted by Gasteiger charge is 2.31. The van der Waals surface area contributed by atoms with E-state index in [9.17, 15) is 9.50 Å². The SMILES string of the molecule is Cc1nccn1CCCOc1ccc(CN2CCCC(O)(COc3ccccc3F)CC2)cc1. The van der Waals surface area contributed by atoms with Gasteiger partial charge in [0, 0.05) is 32.0 Å². The van der Waals surface area contributed by atoms with Crippen LogP contribution in [0.4, 0.5) is 4.39 Å². The number of para-hydroxylation sites is 1. The first kappa shape index (κ1) is 24.2. The number of aryl methyl sites for hydroxylation is 2. The topological polar surface area (TPSA) is 59.8 Å². The van der Waals surface area contributed by atoms with E-state index in [0.717, 1.165) is 50.6 Å². The van der Waals surface area contributed by atoms with Crippen LogP contribution in [0.2, 0.25) is 0 Å². The Morgan fingerprint density at radius 1 is 1.06 bits per heavy atom. The predicted octanol–water partition coefficient (Wildman–Crippen LogP) is 4.60. The van der Waals surface area contributed by atoms with E-state index < -0.39 is 11.4 Å². The third kappa shape index (κ3) is 6.81. The Labute approximate surface area is 201 Å². The van der Waals surface area contributed by atoms with Gasteiger partial charge in [0.15, 0.2) is 11.6 Å². The fourth-order valence-electron chi connectivity index (χ4n) is 4.33. The second-order valence-electron chi connectivity index (χ2n) is 9.09. The zero-order chi connectivity index (χ0) is 23.8. The van der Waals surface area contributed by atoms with Crippen LogP contribution in [0, 0.1) is 12.7 Å². The van der Waals surface area contributed by atoms with Crippen molar-refractivity contribution in [2.45, 2.75) is 51.3 Å². The van der Waals surface area contributed by atoms with Crippen LogP contribution < -0.4 is 9.47 Å². The zero-order valence-electron chi connectivity index (χ0n) is 19.8.